The molecule has 2 aromatic rings. The average Bonchev–Trinajstić information content (AvgIpc) is 2.93. The Morgan fingerprint density at radius 2 is 2.22 bits per heavy atom. The van der Waals surface area contributed by atoms with Gasteiger partial charge in [-0.25, -0.2) is 9.36 Å². The standard InChI is InChI=1S/C11H16N6O/c1-4-7-9(12)11(16(3)14-7)17-6-5-8(15-17)10(18)13-2/h5-6H,4,12H2,1-3H3,(H,13,18). The summed E-state index contributed by atoms with van der Waals surface area (Å²) in [4.78, 5) is 11.4. The number of amides is 1. The summed E-state index contributed by atoms with van der Waals surface area (Å²) in [5.41, 5.74) is 7.78. The largest absolute Gasteiger partial charge is 0.394 e. The van der Waals surface area contributed by atoms with Gasteiger partial charge in [0, 0.05) is 20.3 Å². The average molecular weight is 248 g/mol. The molecule has 7 nitrogen and oxygen atoms in total. The summed E-state index contributed by atoms with van der Waals surface area (Å²) in [6.45, 7) is 1.99. The molecular formula is C11H16N6O. The van der Waals surface area contributed by atoms with E-state index in [2.05, 4.69) is 15.5 Å². The Bertz CT molecular complexity index is 582. The Morgan fingerprint density at radius 3 is 2.78 bits per heavy atom. The number of nitrogens with two attached hydrogens (primary N) is 1. The first kappa shape index (κ1) is 12.2. The number of nitrogen functional groups attached to an aromatic ring is 1. The van der Waals surface area contributed by atoms with Crippen molar-refractivity contribution in [2.75, 3.05) is 12.8 Å². The molecule has 0 fully saturated rings. The molecule has 2 rings (SSSR count). The van der Waals surface area contributed by atoms with Crippen molar-refractivity contribution in [3.05, 3.63) is 23.7 Å². The van der Waals surface area contributed by atoms with Crippen LogP contribution in [0.1, 0.15) is 23.1 Å². The normalized spacial score (nSPS) is 10.6. The first-order valence-corrected chi connectivity index (χ1v) is 5.68. The minimum Gasteiger partial charge on any atom is -0.394 e. The molecule has 0 saturated carbocycles. The molecule has 0 unspecified atom stereocenters. The van der Waals surface area contributed by atoms with E-state index >= 15 is 0 Å². The molecule has 0 aliphatic rings. The van der Waals surface area contributed by atoms with Gasteiger partial charge in [-0.1, -0.05) is 6.92 Å². The maximum absolute atomic E-state index is 11.4. The second-order valence-corrected chi connectivity index (χ2v) is 3.89. The monoisotopic (exact) mass is 248 g/mol. The highest BCUT2D eigenvalue weighted by molar-refractivity contribution is 5.91. The maximum Gasteiger partial charge on any atom is 0.271 e. The fourth-order valence-corrected chi connectivity index (χ4v) is 1.81. The zero-order chi connectivity index (χ0) is 13.3. The van der Waals surface area contributed by atoms with Crippen LogP contribution in [0.5, 0.6) is 0 Å². The number of carbonyl (C=O) groups excluding carboxylic acids is 1. The lowest BCUT2D eigenvalue weighted by molar-refractivity contribution is 0.0957. The molecule has 0 atom stereocenters. The van der Waals surface area contributed by atoms with Gasteiger partial charge in [-0.05, 0) is 12.5 Å². The van der Waals surface area contributed by atoms with Gasteiger partial charge in [0.05, 0.1) is 5.69 Å². The van der Waals surface area contributed by atoms with E-state index in [0.717, 1.165) is 12.1 Å². The molecule has 0 spiro atoms. The Hall–Kier alpha value is -2.31. The molecule has 96 valence electrons. The third-order valence-corrected chi connectivity index (χ3v) is 2.73. The molecule has 0 aliphatic heterocycles. The van der Waals surface area contributed by atoms with Crippen LogP contribution in [0, 0.1) is 0 Å². The lowest BCUT2D eigenvalue weighted by Gasteiger charge is -2.02. The highest BCUT2D eigenvalue weighted by atomic mass is 16.1. The number of nitrogens with one attached hydrogen (secondary N) is 1. The summed E-state index contributed by atoms with van der Waals surface area (Å²) in [7, 11) is 3.36. The van der Waals surface area contributed by atoms with Gasteiger partial charge in [-0.15, -0.1) is 0 Å². The fourth-order valence-electron chi connectivity index (χ4n) is 1.81. The molecule has 0 saturated heterocycles. The number of rotatable bonds is 3. The molecule has 0 aromatic carbocycles. The molecule has 18 heavy (non-hydrogen) atoms. The van der Waals surface area contributed by atoms with Crippen LogP contribution in [0.15, 0.2) is 12.3 Å². The molecular weight excluding hydrogens is 232 g/mol. The van der Waals surface area contributed by atoms with Gasteiger partial charge >= 0.3 is 0 Å². The fraction of sp³-hybridized carbons (Fsp3) is 0.364. The molecule has 2 aromatic heterocycles. The van der Waals surface area contributed by atoms with E-state index in [9.17, 15) is 4.79 Å². The van der Waals surface area contributed by atoms with Gasteiger partial charge in [0.2, 0.25) is 0 Å². The third-order valence-electron chi connectivity index (χ3n) is 2.73. The molecule has 3 N–H and O–H groups in total. The van der Waals surface area contributed by atoms with E-state index in [-0.39, 0.29) is 5.91 Å². The number of hydrogen-bond acceptors (Lipinski definition) is 4. The quantitative estimate of drug-likeness (QED) is 0.806. The Balaban J connectivity index is 2.46. The molecule has 1 amide bonds. The summed E-state index contributed by atoms with van der Waals surface area (Å²) in [5, 5.41) is 11.0. The Kier molecular flexibility index (Phi) is 3.05. The van der Waals surface area contributed by atoms with Gasteiger partial charge < -0.3 is 11.1 Å². The zero-order valence-electron chi connectivity index (χ0n) is 10.6. The minimum atomic E-state index is -0.231. The lowest BCUT2D eigenvalue weighted by atomic mass is 10.3. The molecule has 0 aliphatic carbocycles. The van der Waals surface area contributed by atoms with Crippen LogP contribution >= 0.6 is 0 Å². The second-order valence-electron chi connectivity index (χ2n) is 3.89. The highest BCUT2D eigenvalue weighted by Crippen LogP contribution is 2.20. The molecule has 0 radical (unpaired) electrons. The van der Waals surface area contributed by atoms with Gasteiger partial charge in [-0.3, -0.25) is 4.79 Å². The van der Waals surface area contributed by atoms with E-state index < -0.39 is 0 Å². The molecule has 7 heteroatoms. The van der Waals surface area contributed by atoms with Crippen molar-refractivity contribution in [3.63, 3.8) is 0 Å². The highest BCUT2D eigenvalue weighted by Gasteiger charge is 2.16. The Labute approximate surface area is 105 Å². The number of hydrogen-bond donors (Lipinski definition) is 2. The van der Waals surface area contributed by atoms with E-state index in [4.69, 9.17) is 5.73 Å². The predicted molar refractivity (Wildman–Crippen MR) is 67.5 cm³/mol. The van der Waals surface area contributed by atoms with Crippen molar-refractivity contribution in [3.8, 4) is 5.82 Å². The number of aryl methyl sites for hydroxylation is 2. The van der Waals surface area contributed by atoms with Crippen molar-refractivity contribution in [2.45, 2.75) is 13.3 Å². The van der Waals surface area contributed by atoms with Crippen molar-refractivity contribution < 1.29 is 4.79 Å². The number of nitrogens with zero attached hydrogens (tertiary/aromatic N) is 4. The van der Waals surface area contributed by atoms with Crippen LogP contribution in [0.3, 0.4) is 0 Å². The van der Waals surface area contributed by atoms with Crippen molar-refractivity contribution in [2.24, 2.45) is 7.05 Å². The summed E-state index contributed by atoms with van der Waals surface area (Å²) < 4.78 is 3.22. The van der Waals surface area contributed by atoms with Crippen LogP contribution in [0.2, 0.25) is 0 Å². The molecule has 0 bridgehead atoms. The second kappa shape index (κ2) is 4.52. The summed E-state index contributed by atoms with van der Waals surface area (Å²) >= 11 is 0. The first-order valence-electron chi connectivity index (χ1n) is 5.68. The van der Waals surface area contributed by atoms with E-state index in [0.29, 0.717) is 17.2 Å². The summed E-state index contributed by atoms with van der Waals surface area (Å²) in [5.74, 6) is 0.437. The number of carbonyl (C=O) groups is 1. The van der Waals surface area contributed by atoms with Crippen LogP contribution in [-0.2, 0) is 13.5 Å². The van der Waals surface area contributed by atoms with Gasteiger partial charge in [0.25, 0.3) is 5.91 Å². The van der Waals surface area contributed by atoms with Crippen LogP contribution in [0.4, 0.5) is 5.69 Å². The summed E-state index contributed by atoms with van der Waals surface area (Å²) in [6.07, 6.45) is 2.45. The topological polar surface area (TPSA) is 90.8 Å². The Morgan fingerprint density at radius 1 is 1.50 bits per heavy atom. The lowest BCUT2D eigenvalue weighted by Crippen LogP contribution is -2.18. The van der Waals surface area contributed by atoms with Gasteiger partial charge in [0.1, 0.15) is 5.69 Å². The van der Waals surface area contributed by atoms with E-state index in [1.807, 2.05) is 6.92 Å². The van der Waals surface area contributed by atoms with Gasteiger partial charge in [-0.2, -0.15) is 10.2 Å². The van der Waals surface area contributed by atoms with Crippen molar-refractivity contribution >= 4 is 11.6 Å². The van der Waals surface area contributed by atoms with Crippen molar-refractivity contribution in [1.29, 1.82) is 0 Å². The van der Waals surface area contributed by atoms with Crippen LogP contribution in [-0.4, -0.2) is 32.5 Å². The predicted octanol–water partition coefficient (Wildman–Crippen LogP) is 0.110. The first-order chi connectivity index (χ1) is 8.58. The van der Waals surface area contributed by atoms with Crippen LogP contribution in [0.25, 0.3) is 5.82 Å². The number of anilines is 1. The van der Waals surface area contributed by atoms with Crippen molar-refractivity contribution in [1.82, 2.24) is 24.9 Å². The van der Waals surface area contributed by atoms with E-state index in [1.165, 1.54) is 0 Å². The van der Waals surface area contributed by atoms with Crippen LogP contribution < -0.4 is 11.1 Å². The summed E-state index contributed by atoms with van der Waals surface area (Å²) in [6, 6.07) is 1.64. The minimum absolute atomic E-state index is 0.231. The SMILES string of the molecule is CCc1nn(C)c(-n2ccc(C(=O)NC)n2)c1N. The smallest absolute Gasteiger partial charge is 0.271 e. The van der Waals surface area contributed by atoms with Gasteiger partial charge in [0.15, 0.2) is 11.5 Å². The molecule has 2 heterocycles. The third kappa shape index (κ3) is 1.83. The number of aromatic nitrogens is 4. The van der Waals surface area contributed by atoms with E-state index in [1.54, 1.807) is 35.7 Å². The zero-order valence-corrected chi connectivity index (χ0v) is 10.6. The maximum atomic E-state index is 11.4.